The van der Waals surface area contributed by atoms with Gasteiger partial charge in [0.15, 0.2) is 0 Å². The number of hydrogen-bond acceptors (Lipinski definition) is 1. The highest BCUT2D eigenvalue weighted by molar-refractivity contribution is 6.23. The molecular formula is C58H41N. The normalized spacial score (nSPS) is 13.5. The van der Waals surface area contributed by atoms with Crippen LogP contribution in [0.15, 0.2) is 224 Å². The molecule has 10 aromatic carbocycles. The molecule has 0 saturated heterocycles. The average Bonchev–Trinajstić information content (AvgIpc) is 3.32. The lowest BCUT2D eigenvalue weighted by Crippen LogP contribution is -2.12. The summed E-state index contributed by atoms with van der Waals surface area (Å²) in [4.78, 5) is 2.45. The number of benzene rings is 10. The highest BCUT2D eigenvalue weighted by Gasteiger charge is 2.22. The smallest absolute Gasteiger partial charge is 0.0473 e. The summed E-state index contributed by atoms with van der Waals surface area (Å²) >= 11 is 0. The third-order valence-electron chi connectivity index (χ3n) is 12.1. The molecule has 0 heterocycles. The summed E-state index contributed by atoms with van der Waals surface area (Å²) < 4.78 is 0. The number of hydrogen-bond donors (Lipinski definition) is 0. The van der Waals surface area contributed by atoms with Gasteiger partial charge in [0.1, 0.15) is 0 Å². The molecule has 11 rings (SSSR count). The minimum absolute atomic E-state index is 0.282. The van der Waals surface area contributed by atoms with E-state index in [2.05, 4.69) is 235 Å². The van der Waals surface area contributed by atoms with E-state index in [0.29, 0.717) is 0 Å². The number of anilines is 3. The van der Waals surface area contributed by atoms with Crippen LogP contribution in [0, 0.1) is 0 Å². The van der Waals surface area contributed by atoms with Gasteiger partial charge in [-0.1, -0.05) is 182 Å². The standard InChI is InChI=1S/C58H41N/c1-3-15-40(16-4-1)42-31-33-49(34-32-42)59(50-23-13-22-45(36-50)53-28-14-21-43-19-7-9-24-52(43)53)51-37-47(41-17-5-2-6-18-41)35-48(38-51)57-39-46-30-29-44-20-8-10-25-54(44)58(46)56-27-12-11-26-55(56)57/h1-27,29-39,53H,28H2. The van der Waals surface area contributed by atoms with Gasteiger partial charge in [0.25, 0.3) is 0 Å². The first-order valence-electron chi connectivity index (χ1n) is 20.6. The van der Waals surface area contributed by atoms with E-state index in [1.165, 1.54) is 82.4 Å². The first kappa shape index (κ1) is 34.7. The SMILES string of the molecule is C1=Cc2ccccc2C(c2cccc(N(c3ccc(-c4ccccc4)cc3)c3cc(-c4ccccc4)cc(-c4cc5ccc6ccccc6c5c5ccccc45)c3)c2)C1. The second-order valence-electron chi connectivity index (χ2n) is 15.7. The van der Waals surface area contributed by atoms with Crippen molar-refractivity contribution in [2.24, 2.45) is 0 Å². The fraction of sp³-hybridized carbons (Fsp3) is 0.0345. The lowest BCUT2D eigenvalue weighted by Gasteiger charge is -2.29. The Labute approximate surface area is 345 Å². The van der Waals surface area contributed by atoms with E-state index in [-0.39, 0.29) is 5.92 Å². The van der Waals surface area contributed by atoms with Gasteiger partial charge in [-0.3, -0.25) is 0 Å². The van der Waals surface area contributed by atoms with Crippen LogP contribution in [0.3, 0.4) is 0 Å². The van der Waals surface area contributed by atoms with Crippen molar-refractivity contribution in [3.05, 3.63) is 241 Å². The number of nitrogens with zero attached hydrogens (tertiary/aromatic N) is 1. The van der Waals surface area contributed by atoms with Gasteiger partial charge in [0.2, 0.25) is 0 Å². The Bertz CT molecular complexity index is 3180. The van der Waals surface area contributed by atoms with Crippen molar-refractivity contribution in [1.82, 2.24) is 0 Å². The Hall–Kier alpha value is -7.48. The first-order chi connectivity index (χ1) is 29.2. The lowest BCUT2D eigenvalue weighted by atomic mass is 9.82. The van der Waals surface area contributed by atoms with Crippen LogP contribution in [0.2, 0.25) is 0 Å². The van der Waals surface area contributed by atoms with E-state index in [1.54, 1.807) is 0 Å². The summed E-state index contributed by atoms with van der Waals surface area (Å²) in [7, 11) is 0. The third kappa shape index (κ3) is 6.38. The van der Waals surface area contributed by atoms with E-state index < -0.39 is 0 Å². The molecule has 1 unspecified atom stereocenters. The van der Waals surface area contributed by atoms with Gasteiger partial charge in [0, 0.05) is 23.0 Å². The minimum atomic E-state index is 0.282. The third-order valence-corrected chi connectivity index (χ3v) is 12.1. The van der Waals surface area contributed by atoms with Gasteiger partial charge in [-0.25, -0.2) is 0 Å². The molecule has 0 aromatic heterocycles. The van der Waals surface area contributed by atoms with Gasteiger partial charge in [-0.15, -0.1) is 0 Å². The summed E-state index contributed by atoms with van der Waals surface area (Å²) in [5.41, 5.74) is 14.5. The molecule has 10 aromatic rings. The number of rotatable bonds is 7. The summed E-state index contributed by atoms with van der Waals surface area (Å²) in [6.45, 7) is 0. The van der Waals surface area contributed by atoms with E-state index in [1.807, 2.05) is 0 Å². The molecule has 0 amide bonds. The Morgan fingerprint density at radius 3 is 1.83 bits per heavy atom. The Balaban J connectivity index is 1.14. The predicted molar refractivity (Wildman–Crippen MR) is 252 cm³/mol. The molecule has 0 fully saturated rings. The largest absolute Gasteiger partial charge is 0.310 e. The van der Waals surface area contributed by atoms with E-state index in [0.717, 1.165) is 23.5 Å². The molecule has 1 aliphatic carbocycles. The summed E-state index contributed by atoms with van der Waals surface area (Å²) in [5.74, 6) is 0.282. The Morgan fingerprint density at radius 1 is 0.373 bits per heavy atom. The van der Waals surface area contributed by atoms with Crippen LogP contribution in [0.1, 0.15) is 29.0 Å². The predicted octanol–water partition coefficient (Wildman–Crippen LogP) is 16.2. The zero-order chi connectivity index (χ0) is 39.1. The fourth-order valence-corrected chi connectivity index (χ4v) is 9.33. The van der Waals surface area contributed by atoms with Crippen molar-refractivity contribution in [2.45, 2.75) is 12.3 Å². The van der Waals surface area contributed by atoms with Gasteiger partial charge in [-0.05, 0) is 137 Å². The van der Waals surface area contributed by atoms with E-state index >= 15 is 0 Å². The molecule has 278 valence electrons. The van der Waals surface area contributed by atoms with Crippen molar-refractivity contribution in [2.75, 3.05) is 4.90 Å². The average molecular weight is 752 g/mol. The topological polar surface area (TPSA) is 3.24 Å². The van der Waals surface area contributed by atoms with Crippen molar-refractivity contribution >= 4 is 55.5 Å². The summed E-state index contributed by atoms with van der Waals surface area (Å²) in [6.07, 6.45) is 5.57. The minimum Gasteiger partial charge on any atom is -0.310 e. The van der Waals surface area contributed by atoms with Crippen LogP contribution in [0.4, 0.5) is 17.1 Å². The molecule has 0 aliphatic heterocycles. The summed E-state index contributed by atoms with van der Waals surface area (Å²) in [6, 6.07) is 80.4. The maximum atomic E-state index is 2.45. The number of allylic oxidation sites excluding steroid dienone is 1. The van der Waals surface area contributed by atoms with E-state index in [9.17, 15) is 0 Å². The van der Waals surface area contributed by atoms with Crippen LogP contribution in [0.25, 0.3) is 71.8 Å². The van der Waals surface area contributed by atoms with Crippen LogP contribution >= 0.6 is 0 Å². The molecule has 0 spiro atoms. The Kier molecular flexibility index (Phi) is 8.71. The number of fused-ring (bicyclic) bond motifs is 6. The zero-order valence-electron chi connectivity index (χ0n) is 32.7. The van der Waals surface area contributed by atoms with Gasteiger partial charge < -0.3 is 4.90 Å². The molecule has 59 heavy (non-hydrogen) atoms. The zero-order valence-corrected chi connectivity index (χ0v) is 32.7. The van der Waals surface area contributed by atoms with Gasteiger partial charge >= 0.3 is 0 Å². The molecule has 0 bridgehead atoms. The van der Waals surface area contributed by atoms with Crippen molar-refractivity contribution in [3.63, 3.8) is 0 Å². The monoisotopic (exact) mass is 751 g/mol. The van der Waals surface area contributed by atoms with Crippen LogP contribution in [0.5, 0.6) is 0 Å². The molecule has 0 N–H and O–H groups in total. The molecule has 0 saturated carbocycles. The highest BCUT2D eigenvalue weighted by Crippen LogP contribution is 2.45. The molecule has 1 heteroatoms. The molecule has 0 radical (unpaired) electrons. The second kappa shape index (κ2) is 14.8. The molecule has 1 nitrogen and oxygen atoms in total. The van der Waals surface area contributed by atoms with Crippen LogP contribution in [-0.2, 0) is 0 Å². The highest BCUT2D eigenvalue weighted by atomic mass is 15.1. The molecule has 1 atom stereocenters. The Morgan fingerprint density at radius 2 is 1.02 bits per heavy atom. The quantitative estimate of drug-likeness (QED) is 0.147. The molecule has 1 aliphatic rings. The molecular weight excluding hydrogens is 711 g/mol. The lowest BCUT2D eigenvalue weighted by molar-refractivity contribution is 0.819. The van der Waals surface area contributed by atoms with Crippen LogP contribution in [-0.4, -0.2) is 0 Å². The maximum absolute atomic E-state index is 2.45. The summed E-state index contributed by atoms with van der Waals surface area (Å²) in [5, 5.41) is 7.61. The van der Waals surface area contributed by atoms with Crippen molar-refractivity contribution in [3.8, 4) is 33.4 Å². The van der Waals surface area contributed by atoms with E-state index in [4.69, 9.17) is 0 Å². The van der Waals surface area contributed by atoms with Crippen molar-refractivity contribution < 1.29 is 0 Å². The second-order valence-corrected chi connectivity index (χ2v) is 15.7. The fourth-order valence-electron chi connectivity index (χ4n) is 9.33. The van der Waals surface area contributed by atoms with Gasteiger partial charge in [-0.2, -0.15) is 0 Å². The van der Waals surface area contributed by atoms with Crippen LogP contribution < -0.4 is 4.90 Å². The maximum Gasteiger partial charge on any atom is 0.0473 e. The van der Waals surface area contributed by atoms with Gasteiger partial charge in [0.05, 0.1) is 0 Å². The van der Waals surface area contributed by atoms with Crippen molar-refractivity contribution in [1.29, 1.82) is 0 Å². The first-order valence-corrected chi connectivity index (χ1v) is 20.6.